The molecule has 0 aliphatic carbocycles. The van der Waals surface area contributed by atoms with Gasteiger partial charge in [0, 0.05) is 26.2 Å². The van der Waals surface area contributed by atoms with E-state index in [1.807, 2.05) is 0 Å². The molecule has 1 N–H and O–H groups in total. The second kappa shape index (κ2) is 8.40. The van der Waals surface area contributed by atoms with Crippen LogP contribution in [0, 0.1) is 11.7 Å². The van der Waals surface area contributed by atoms with E-state index in [-0.39, 0.29) is 25.6 Å². The molecular weight excluding hydrogens is 425 g/mol. The van der Waals surface area contributed by atoms with Crippen LogP contribution in [0.25, 0.3) is 0 Å². The van der Waals surface area contributed by atoms with E-state index in [2.05, 4.69) is 0 Å². The van der Waals surface area contributed by atoms with Crippen LogP contribution in [0.1, 0.15) is 29.3 Å². The van der Waals surface area contributed by atoms with Crippen molar-refractivity contribution in [3.63, 3.8) is 0 Å². The van der Waals surface area contributed by atoms with E-state index in [9.17, 15) is 40.3 Å². The third-order valence-corrected chi connectivity index (χ3v) is 5.06. The molecule has 2 rings (SSSR count). The Morgan fingerprint density at radius 1 is 1.20 bits per heavy atom. The van der Waals surface area contributed by atoms with Crippen molar-refractivity contribution < 1.29 is 45.4 Å². The monoisotopic (exact) mass is 444 g/mol. The number of aliphatic hydroxyl groups is 1. The normalized spacial score (nSPS) is 21.3. The lowest BCUT2D eigenvalue weighted by molar-refractivity contribution is -0.211. The number of carbonyl (C=O) groups is 2. The lowest BCUT2D eigenvalue weighted by Gasteiger charge is -2.41. The van der Waals surface area contributed by atoms with Crippen molar-refractivity contribution in [2.24, 2.45) is 5.92 Å². The molecule has 0 aromatic heterocycles. The van der Waals surface area contributed by atoms with Gasteiger partial charge >= 0.3 is 12.4 Å². The molecule has 1 aromatic rings. The fraction of sp³-hybridized carbons (Fsp3) is 0.556. The van der Waals surface area contributed by atoms with Gasteiger partial charge in [-0.15, -0.1) is 0 Å². The van der Waals surface area contributed by atoms with Crippen LogP contribution in [-0.4, -0.2) is 65.2 Å². The van der Waals surface area contributed by atoms with E-state index in [1.165, 1.54) is 7.05 Å². The van der Waals surface area contributed by atoms with Gasteiger partial charge in [-0.05, 0) is 30.5 Å². The molecule has 2 amide bonds. The van der Waals surface area contributed by atoms with Crippen LogP contribution in [0.2, 0.25) is 0 Å². The zero-order chi connectivity index (χ0) is 23.0. The molecule has 1 fully saturated rings. The summed E-state index contributed by atoms with van der Waals surface area (Å²) in [5.41, 5.74) is -1.83. The minimum Gasteiger partial charge on any atom is -0.376 e. The minimum absolute atomic E-state index is 0.0436. The van der Waals surface area contributed by atoms with Gasteiger partial charge in [-0.3, -0.25) is 9.59 Å². The molecule has 1 saturated heterocycles. The van der Waals surface area contributed by atoms with Gasteiger partial charge in [-0.1, -0.05) is 6.92 Å². The fourth-order valence-electron chi connectivity index (χ4n) is 3.43. The number of alkyl halides is 6. The SMILES string of the molecule is C[C@@H]1CN(C(=O)[C@@H](O)C(F)(F)F)CC[C@@H]1N(C)C(=O)c1ccc(C(F)(F)F)cc1F. The van der Waals surface area contributed by atoms with E-state index >= 15 is 0 Å². The minimum atomic E-state index is -5.11. The molecule has 0 saturated carbocycles. The smallest absolute Gasteiger partial charge is 0.376 e. The number of likely N-dealkylation sites (tertiary alicyclic amines) is 1. The average Bonchev–Trinajstić information content (AvgIpc) is 2.64. The molecule has 0 bridgehead atoms. The second-order valence-corrected chi connectivity index (χ2v) is 7.17. The Morgan fingerprint density at radius 3 is 2.27 bits per heavy atom. The van der Waals surface area contributed by atoms with E-state index in [1.54, 1.807) is 6.92 Å². The van der Waals surface area contributed by atoms with Crippen molar-refractivity contribution in [3.05, 3.63) is 35.1 Å². The largest absolute Gasteiger partial charge is 0.423 e. The molecule has 0 unspecified atom stereocenters. The number of hydrogen-bond donors (Lipinski definition) is 1. The highest BCUT2D eigenvalue weighted by molar-refractivity contribution is 5.94. The van der Waals surface area contributed by atoms with E-state index in [0.29, 0.717) is 6.07 Å². The highest BCUT2D eigenvalue weighted by Gasteiger charge is 2.46. The maximum atomic E-state index is 14.1. The number of aliphatic hydroxyl groups excluding tert-OH is 1. The number of amides is 2. The van der Waals surface area contributed by atoms with Crippen LogP contribution >= 0.6 is 0 Å². The summed E-state index contributed by atoms with van der Waals surface area (Å²) in [5.74, 6) is -4.28. The molecule has 1 heterocycles. The van der Waals surface area contributed by atoms with E-state index < -0.39 is 59.2 Å². The van der Waals surface area contributed by atoms with Gasteiger partial charge in [0.15, 0.2) is 0 Å². The number of benzene rings is 1. The van der Waals surface area contributed by atoms with Crippen LogP contribution in [0.5, 0.6) is 0 Å². The molecule has 0 spiro atoms. The molecule has 3 atom stereocenters. The molecule has 1 aliphatic rings. The van der Waals surface area contributed by atoms with Crippen LogP contribution in [0.3, 0.4) is 0 Å². The molecule has 0 radical (unpaired) electrons. The molecule has 1 aliphatic heterocycles. The van der Waals surface area contributed by atoms with Crippen LogP contribution in [0.4, 0.5) is 30.7 Å². The Kier molecular flexibility index (Phi) is 6.69. The van der Waals surface area contributed by atoms with Gasteiger partial charge in [0.05, 0.1) is 11.1 Å². The molecule has 168 valence electrons. The number of halogens is 7. The summed E-state index contributed by atoms with van der Waals surface area (Å²) in [5, 5.41) is 9.11. The lowest BCUT2D eigenvalue weighted by Crippen LogP contribution is -2.55. The summed E-state index contributed by atoms with van der Waals surface area (Å²) in [6.07, 6.45) is -13.0. The zero-order valence-electron chi connectivity index (χ0n) is 15.9. The quantitative estimate of drug-likeness (QED) is 0.730. The molecule has 5 nitrogen and oxygen atoms in total. The Bertz CT molecular complexity index is 810. The zero-order valence-corrected chi connectivity index (χ0v) is 15.9. The predicted octanol–water partition coefficient (Wildman–Crippen LogP) is 3.08. The van der Waals surface area contributed by atoms with Crippen molar-refractivity contribution in [1.82, 2.24) is 9.80 Å². The number of rotatable bonds is 3. The van der Waals surface area contributed by atoms with Gasteiger partial charge in [-0.25, -0.2) is 4.39 Å². The molecule has 12 heteroatoms. The summed E-state index contributed by atoms with van der Waals surface area (Å²) < 4.78 is 89.6. The summed E-state index contributed by atoms with van der Waals surface area (Å²) in [6.45, 7) is 1.18. The van der Waals surface area contributed by atoms with Crippen LogP contribution in [0.15, 0.2) is 18.2 Å². The maximum Gasteiger partial charge on any atom is 0.423 e. The Balaban J connectivity index is 2.11. The van der Waals surface area contributed by atoms with E-state index in [4.69, 9.17) is 5.11 Å². The number of hydrogen-bond acceptors (Lipinski definition) is 3. The first-order valence-corrected chi connectivity index (χ1v) is 8.82. The van der Waals surface area contributed by atoms with Gasteiger partial charge < -0.3 is 14.9 Å². The van der Waals surface area contributed by atoms with Gasteiger partial charge in [0.2, 0.25) is 6.10 Å². The van der Waals surface area contributed by atoms with E-state index in [0.717, 1.165) is 15.9 Å². The lowest BCUT2D eigenvalue weighted by atomic mass is 9.91. The first-order valence-electron chi connectivity index (χ1n) is 8.82. The third kappa shape index (κ3) is 5.02. The number of nitrogens with zero attached hydrogens (tertiary/aromatic N) is 2. The van der Waals surface area contributed by atoms with Gasteiger partial charge in [0.1, 0.15) is 5.82 Å². The topological polar surface area (TPSA) is 60.9 Å². The Hall–Kier alpha value is -2.37. The van der Waals surface area contributed by atoms with Crippen molar-refractivity contribution in [1.29, 1.82) is 0 Å². The second-order valence-electron chi connectivity index (χ2n) is 7.17. The predicted molar refractivity (Wildman–Crippen MR) is 89.7 cm³/mol. The van der Waals surface area contributed by atoms with Crippen LogP contribution < -0.4 is 0 Å². The number of carbonyl (C=O) groups excluding carboxylic acids is 2. The summed E-state index contributed by atoms with van der Waals surface area (Å²) in [6, 6.07) is 0.906. The Labute approximate surface area is 167 Å². The molecule has 30 heavy (non-hydrogen) atoms. The van der Waals surface area contributed by atoms with Gasteiger partial charge in [-0.2, -0.15) is 26.3 Å². The standard InChI is InChI=1S/C18H19F7N2O3/c1-9-8-27(16(30)14(28)18(23,24)25)6-5-13(9)26(2)15(29)11-4-3-10(7-12(11)19)17(20,21)22/h3-4,7,9,13-14,28H,5-6,8H2,1-2H3/t9-,13+,14-/m1/s1. The van der Waals surface area contributed by atoms with Crippen molar-refractivity contribution in [2.75, 3.05) is 20.1 Å². The van der Waals surface area contributed by atoms with Gasteiger partial charge in [0.25, 0.3) is 11.8 Å². The average molecular weight is 444 g/mol. The first-order chi connectivity index (χ1) is 13.6. The molecular formula is C18H19F7N2O3. The van der Waals surface area contributed by atoms with Crippen LogP contribution in [-0.2, 0) is 11.0 Å². The highest BCUT2D eigenvalue weighted by Crippen LogP contribution is 2.31. The Morgan fingerprint density at radius 2 is 1.80 bits per heavy atom. The third-order valence-electron chi connectivity index (χ3n) is 5.06. The fourth-order valence-corrected chi connectivity index (χ4v) is 3.43. The van der Waals surface area contributed by atoms with Crippen molar-refractivity contribution >= 4 is 11.8 Å². The number of piperidine rings is 1. The summed E-state index contributed by atoms with van der Waals surface area (Å²) >= 11 is 0. The highest BCUT2D eigenvalue weighted by atomic mass is 19.4. The summed E-state index contributed by atoms with van der Waals surface area (Å²) in [4.78, 5) is 26.3. The van der Waals surface area contributed by atoms with Crippen molar-refractivity contribution in [2.45, 2.75) is 37.8 Å². The van der Waals surface area contributed by atoms with Crippen molar-refractivity contribution in [3.8, 4) is 0 Å². The first kappa shape index (κ1) is 23.9. The summed E-state index contributed by atoms with van der Waals surface area (Å²) in [7, 11) is 1.29. The maximum absolute atomic E-state index is 14.1. The molecule has 1 aromatic carbocycles.